The van der Waals surface area contributed by atoms with Gasteiger partial charge in [-0.1, -0.05) is 18.2 Å². The Morgan fingerprint density at radius 2 is 2.00 bits per heavy atom. The number of ketones is 1. The Hall–Kier alpha value is -3.81. The fourth-order valence-electron chi connectivity index (χ4n) is 3.99. The van der Waals surface area contributed by atoms with E-state index in [0.717, 1.165) is 17.7 Å². The third kappa shape index (κ3) is 4.41. The summed E-state index contributed by atoms with van der Waals surface area (Å²) < 4.78 is 16.2. The van der Waals surface area contributed by atoms with Crippen molar-refractivity contribution in [1.82, 2.24) is 14.5 Å². The number of aryl methyl sites for hydroxylation is 1. The Labute approximate surface area is 191 Å². The standard InChI is InChI=1S/C25H26FN5O2/c1-3-31-14-18(13-20(31)22(32)15-9-10-15)21(24(33)30(2)25(27)28)17-7-4-6-16(12-17)19-8-5-11-29-23(19)26/h4-8,11-15,21H,3,9-10H2,1-2H3,(H3,27,28). The number of nitrogens with one attached hydrogen (secondary N) is 1. The van der Waals surface area contributed by atoms with E-state index in [0.29, 0.717) is 34.5 Å². The van der Waals surface area contributed by atoms with Crippen LogP contribution in [0, 0.1) is 17.3 Å². The summed E-state index contributed by atoms with van der Waals surface area (Å²) in [6.45, 7) is 2.52. The van der Waals surface area contributed by atoms with Crippen LogP contribution in [0.25, 0.3) is 11.1 Å². The van der Waals surface area contributed by atoms with Gasteiger partial charge in [0.05, 0.1) is 11.6 Å². The number of pyridine rings is 1. The monoisotopic (exact) mass is 447 g/mol. The Bertz CT molecular complexity index is 1230. The lowest BCUT2D eigenvalue weighted by Crippen LogP contribution is -2.41. The van der Waals surface area contributed by atoms with Gasteiger partial charge in [0.15, 0.2) is 11.7 Å². The Kier molecular flexibility index (Phi) is 6.09. The van der Waals surface area contributed by atoms with E-state index in [-0.39, 0.29) is 17.7 Å². The van der Waals surface area contributed by atoms with Gasteiger partial charge in [0.2, 0.25) is 11.9 Å². The highest BCUT2D eigenvalue weighted by atomic mass is 19.1. The van der Waals surface area contributed by atoms with Crippen molar-refractivity contribution in [2.75, 3.05) is 7.05 Å². The zero-order chi connectivity index (χ0) is 23.7. The van der Waals surface area contributed by atoms with Crippen LogP contribution in [0.2, 0.25) is 0 Å². The van der Waals surface area contributed by atoms with E-state index in [1.54, 1.807) is 42.5 Å². The maximum absolute atomic E-state index is 14.3. The molecule has 1 unspecified atom stereocenters. The molecule has 8 heteroatoms. The predicted molar refractivity (Wildman–Crippen MR) is 123 cm³/mol. The highest BCUT2D eigenvalue weighted by Gasteiger charge is 2.34. The molecule has 4 rings (SSSR count). The Morgan fingerprint density at radius 1 is 1.24 bits per heavy atom. The van der Waals surface area contributed by atoms with E-state index in [2.05, 4.69) is 4.98 Å². The lowest BCUT2D eigenvalue weighted by molar-refractivity contribution is -0.127. The summed E-state index contributed by atoms with van der Waals surface area (Å²) >= 11 is 0. The molecule has 0 bridgehead atoms. The van der Waals surface area contributed by atoms with Gasteiger partial charge in [0.25, 0.3) is 0 Å². The van der Waals surface area contributed by atoms with E-state index in [9.17, 15) is 14.0 Å². The van der Waals surface area contributed by atoms with Gasteiger partial charge in [0, 0.05) is 37.5 Å². The largest absolute Gasteiger partial charge is 0.370 e. The van der Waals surface area contributed by atoms with Crippen LogP contribution < -0.4 is 5.73 Å². The normalized spacial score (nSPS) is 14.0. The second-order valence-corrected chi connectivity index (χ2v) is 8.27. The fourth-order valence-corrected chi connectivity index (χ4v) is 3.99. The zero-order valence-electron chi connectivity index (χ0n) is 18.6. The lowest BCUT2D eigenvalue weighted by Gasteiger charge is -2.23. The molecule has 7 nitrogen and oxygen atoms in total. The third-order valence-corrected chi connectivity index (χ3v) is 6.02. The first-order valence-electron chi connectivity index (χ1n) is 10.9. The number of carbonyl (C=O) groups is 2. The average molecular weight is 448 g/mol. The molecule has 1 aliphatic rings. The van der Waals surface area contributed by atoms with Crippen LogP contribution in [0.4, 0.5) is 4.39 Å². The number of Topliss-reactive ketones (excluding diaryl/α,β-unsaturated/α-hetero) is 1. The first-order chi connectivity index (χ1) is 15.8. The molecule has 1 aromatic carbocycles. The van der Waals surface area contributed by atoms with Crippen LogP contribution in [0.15, 0.2) is 54.9 Å². The van der Waals surface area contributed by atoms with E-state index < -0.39 is 17.8 Å². The topological polar surface area (TPSA) is 105 Å². The van der Waals surface area contributed by atoms with Gasteiger partial charge in [-0.3, -0.25) is 19.9 Å². The minimum Gasteiger partial charge on any atom is -0.370 e. The molecule has 1 fully saturated rings. The maximum atomic E-state index is 14.3. The van der Waals surface area contributed by atoms with Crippen molar-refractivity contribution in [3.63, 3.8) is 0 Å². The van der Waals surface area contributed by atoms with Gasteiger partial charge in [-0.05, 0) is 60.7 Å². The van der Waals surface area contributed by atoms with Crippen molar-refractivity contribution in [1.29, 1.82) is 5.41 Å². The van der Waals surface area contributed by atoms with Gasteiger partial charge < -0.3 is 10.3 Å². The van der Waals surface area contributed by atoms with Crippen LogP contribution in [-0.2, 0) is 11.3 Å². The van der Waals surface area contributed by atoms with E-state index in [4.69, 9.17) is 11.1 Å². The number of hydrogen-bond donors (Lipinski definition) is 2. The van der Waals surface area contributed by atoms with Gasteiger partial charge in [-0.2, -0.15) is 4.39 Å². The van der Waals surface area contributed by atoms with Gasteiger partial charge >= 0.3 is 0 Å². The molecule has 33 heavy (non-hydrogen) atoms. The molecule has 0 aliphatic heterocycles. The van der Waals surface area contributed by atoms with Crippen LogP contribution in [0.1, 0.15) is 47.3 Å². The first-order valence-corrected chi connectivity index (χ1v) is 10.9. The lowest BCUT2D eigenvalue weighted by atomic mass is 9.89. The second kappa shape index (κ2) is 8.97. The summed E-state index contributed by atoms with van der Waals surface area (Å²) in [6, 6.07) is 12.0. The first kappa shape index (κ1) is 22.4. The number of hydrogen-bond acceptors (Lipinski definition) is 4. The van der Waals surface area contributed by atoms with Crippen molar-refractivity contribution in [3.05, 3.63) is 77.6 Å². The molecule has 1 amide bonds. The minimum atomic E-state index is -0.822. The summed E-state index contributed by atoms with van der Waals surface area (Å²) in [4.78, 5) is 31.1. The molecule has 1 aliphatic carbocycles. The summed E-state index contributed by atoms with van der Waals surface area (Å²) in [5.41, 5.74) is 8.30. The number of likely N-dealkylation sites (N-methyl/N-ethyl adjacent to an activating group) is 1. The number of nitrogens with zero attached hydrogens (tertiary/aromatic N) is 3. The number of nitrogens with two attached hydrogens (primary N) is 1. The predicted octanol–water partition coefficient (Wildman–Crippen LogP) is 3.79. The van der Waals surface area contributed by atoms with Crippen molar-refractivity contribution in [2.45, 2.75) is 32.2 Å². The SMILES string of the molecule is CCn1cc(C(C(=O)N(C)C(=N)N)c2cccc(-c3cccnc3F)c2)cc1C(=O)C1CC1. The summed E-state index contributed by atoms with van der Waals surface area (Å²) in [5.74, 6) is -2.09. The molecule has 0 saturated heterocycles. The maximum Gasteiger partial charge on any atom is 0.241 e. The molecule has 2 heterocycles. The van der Waals surface area contributed by atoms with Crippen LogP contribution in [0.5, 0.6) is 0 Å². The molecule has 1 saturated carbocycles. The van der Waals surface area contributed by atoms with E-state index >= 15 is 0 Å². The third-order valence-electron chi connectivity index (χ3n) is 6.02. The van der Waals surface area contributed by atoms with Gasteiger partial charge in [0.1, 0.15) is 0 Å². The average Bonchev–Trinajstić information content (AvgIpc) is 3.58. The fraction of sp³-hybridized carbons (Fsp3) is 0.280. The molecule has 0 radical (unpaired) electrons. The van der Waals surface area contributed by atoms with Crippen LogP contribution in [-0.4, -0.2) is 39.1 Å². The van der Waals surface area contributed by atoms with Gasteiger partial charge in [-0.15, -0.1) is 0 Å². The molecule has 170 valence electrons. The number of guanidine groups is 1. The number of carbonyl (C=O) groups excluding carboxylic acids is 2. The molecule has 3 aromatic rings. The molecule has 1 atom stereocenters. The number of benzene rings is 1. The molecule has 2 aromatic heterocycles. The highest BCUT2D eigenvalue weighted by molar-refractivity contribution is 6.01. The van der Waals surface area contributed by atoms with Crippen molar-refractivity contribution >= 4 is 17.6 Å². The summed E-state index contributed by atoms with van der Waals surface area (Å²) in [7, 11) is 1.44. The second-order valence-electron chi connectivity index (χ2n) is 8.27. The van der Waals surface area contributed by atoms with Crippen molar-refractivity contribution in [2.24, 2.45) is 11.7 Å². The quantitative estimate of drug-likeness (QED) is 0.249. The van der Waals surface area contributed by atoms with Gasteiger partial charge in [-0.25, -0.2) is 4.98 Å². The zero-order valence-corrected chi connectivity index (χ0v) is 18.6. The van der Waals surface area contributed by atoms with E-state index in [1.165, 1.54) is 13.2 Å². The van der Waals surface area contributed by atoms with Crippen LogP contribution in [0.3, 0.4) is 0 Å². The Morgan fingerprint density at radius 3 is 2.64 bits per heavy atom. The molecular formula is C25H26FN5O2. The number of aromatic nitrogens is 2. The molecule has 3 N–H and O–H groups in total. The number of amides is 1. The molecule has 0 spiro atoms. The minimum absolute atomic E-state index is 0.0454. The van der Waals surface area contributed by atoms with Crippen LogP contribution >= 0.6 is 0 Å². The Balaban J connectivity index is 1.83. The van der Waals surface area contributed by atoms with Crippen molar-refractivity contribution < 1.29 is 14.0 Å². The molecular weight excluding hydrogens is 421 g/mol. The van der Waals surface area contributed by atoms with Crippen molar-refractivity contribution in [3.8, 4) is 11.1 Å². The number of halogens is 1. The summed E-state index contributed by atoms with van der Waals surface area (Å²) in [5, 5.41) is 7.74. The number of rotatable bonds is 7. The highest BCUT2D eigenvalue weighted by Crippen LogP contribution is 2.36. The smallest absolute Gasteiger partial charge is 0.241 e. The van der Waals surface area contributed by atoms with E-state index in [1.807, 2.05) is 17.7 Å². The summed E-state index contributed by atoms with van der Waals surface area (Å²) in [6.07, 6.45) is 4.96.